The van der Waals surface area contributed by atoms with Crippen LogP contribution in [0.25, 0.3) is 21.1 Å². The average molecular weight is 478 g/mol. The fraction of sp³-hybridized carbons (Fsp3) is 0.240. The van der Waals surface area contributed by atoms with Crippen LogP contribution in [-0.4, -0.2) is 52.2 Å². The molecular formula is C25H24ClN5OS. The minimum absolute atomic E-state index is 0.0517. The number of amides is 1. The first-order valence-corrected chi connectivity index (χ1v) is 12.1. The third-order valence-electron chi connectivity index (χ3n) is 5.88. The number of nitrogens with zero attached hydrogens (tertiary/aromatic N) is 4. The molecule has 2 aromatic heterocycles. The van der Waals surface area contributed by atoms with Gasteiger partial charge in [0.2, 0.25) is 0 Å². The molecule has 1 aliphatic rings. The van der Waals surface area contributed by atoms with Crippen LogP contribution >= 0.6 is 22.9 Å². The molecule has 0 atom stereocenters. The molecule has 1 aliphatic heterocycles. The molecule has 4 aromatic rings. The molecule has 0 spiro atoms. The SMILES string of the molecule is Cc1ccc(-c2nc(C)c(-c3cc(C(=O)N4CCN(c5cccc(Cl)c5)CC4)n[nH]3)s2)cc1. The predicted octanol–water partition coefficient (Wildman–Crippen LogP) is 5.43. The van der Waals surface area contributed by atoms with E-state index in [0.29, 0.717) is 18.8 Å². The molecule has 6 nitrogen and oxygen atoms in total. The maximum Gasteiger partial charge on any atom is 0.274 e. The summed E-state index contributed by atoms with van der Waals surface area (Å²) < 4.78 is 0. The number of thiazole rings is 1. The Morgan fingerprint density at radius 1 is 1.03 bits per heavy atom. The molecule has 5 rings (SSSR count). The van der Waals surface area contributed by atoms with E-state index in [1.165, 1.54) is 5.56 Å². The van der Waals surface area contributed by atoms with E-state index < -0.39 is 0 Å². The van der Waals surface area contributed by atoms with Crippen molar-refractivity contribution in [3.05, 3.63) is 76.6 Å². The number of H-pyrrole nitrogens is 1. The number of hydrogen-bond donors (Lipinski definition) is 1. The first-order chi connectivity index (χ1) is 16.0. The van der Waals surface area contributed by atoms with Crippen LogP contribution in [0.3, 0.4) is 0 Å². The van der Waals surface area contributed by atoms with Gasteiger partial charge >= 0.3 is 0 Å². The summed E-state index contributed by atoms with van der Waals surface area (Å²) in [6, 6.07) is 18.0. The summed E-state index contributed by atoms with van der Waals surface area (Å²) in [7, 11) is 0. The molecule has 0 unspecified atom stereocenters. The summed E-state index contributed by atoms with van der Waals surface area (Å²) in [6.45, 7) is 6.87. The van der Waals surface area contributed by atoms with Crippen LogP contribution in [0.2, 0.25) is 5.02 Å². The molecule has 1 fully saturated rings. The highest BCUT2D eigenvalue weighted by Gasteiger charge is 2.25. The van der Waals surface area contributed by atoms with Gasteiger partial charge in [0.05, 0.1) is 16.3 Å². The number of nitrogens with one attached hydrogen (secondary N) is 1. The Kier molecular flexibility index (Phi) is 5.91. The molecular weight excluding hydrogens is 454 g/mol. The normalized spacial score (nSPS) is 14.0. The Morgan fingerprint density at radius 2 is 1.79 bits per heavy atom. The lowest BCUT2D eigenvalue weighted by molar-refractivity contribution is 0.0741. The zero-order chi connectivity index (χ0) is 22.9. The molecule has 168 valence electrons. The third-order valence-corrected chi connectivity index (χ3v) is 7.35. The van der Waals surface area contributed by atoms with Gasteiger partial charge in [-0.15, -0.1) is 11.3 Å². The van der Waals surface area contributed by atoms with Crippen molar-refractivity contribution in [2.45, 2.75) is 13.8 Å². The summed E-state index contributed by atoms with van der Waals surface area (Å²) in [5, 5.41) is 9.05. The first kappa shape index (κ1) is 21.7. The molecule has 33 heavy (non-hydrogen) atoms. The van der Waals surface area contributed by atoms with Crippen molar-refractivity contribution >= 4 is 34.5 Å². The topological polar surface area (TPSA) is 65.1 Å². The van der Waals surface area contributed by atoms with E-state index in [2.05, 4.69) is 46.3 Å². The van der Waals surface area contributed by atoms with Crippen LogP contribution in [0.1, 0.15) is 21.7 Å². The van der Waals surface area contributed by atoms with Gasteiger partial charge in [0.1, 0.15) is 5.01 Å². The van der Waals surface area contributed by atoms with E-state index in [-0.39, 0.29) is 5.91 Å². The Hall–Kier alpha value is -3.16. The molecule has 8 heteroatoms. The molecule has 3 heterocycles. The van der Waals surface area contributed by atoms with Crippen molar-refractivity contribution in [1.29, 1.82) is 0 Å². The molecule has 1 N–H and O–H groups in total. The maximum absolute atomic E-state index is 13.1. The zero-order valence-corrected chi connectivity index (χ0v) is 20.1. The van der Waals surface area contributed by atoms with Gasteiger partial charge in [-0.25, -0.2) is 4.98 Å². The summed E-state index contributed by atoms with van der Waals surface area (Å²) in [4.78, 5) is 22.9. The molecule has 0 aliphatic carbocycles. The Balaban J connectivity index is 1.28. The molecule has 2 aromatic carbocycles. The number of carbonyl (C=O) groups is 1. The quantitative estimate of drug-likeness (QED) is 0.425. The molecule has 0 bridgehead atoms. The van der Waals surface area contributed by atoms with Crippen molar-refractivity contribution < 1.29 is 4.79 Å². The highest BCUT2D eigenvalue weighted by molar-refractivity contribution is 7.18. The Labute approximate surface area is 201 Å². The third kappa shape index (κ3) is 4.51. The second kappa shape index (κ2) is 9.00. The van der Waals surface area contributed by atoms with Gasteiger partial charge in [0.15, 0.2) is 5.69 Å². The molecule has 1 saturated heterocycles. The van der Waals surface area contributed by atoms with Crippen molar-refractivity contribution in [2.75, 3.05) is 31.1 Å². The summed E-state index contributed by atoms with van der Waals surface area (Å²) in [5.41, 5.74) is 5.58. The first-order valence-electron chi connectivity index (χ1n) is 10.9. The molecule has 0 radical (unpaired) electrons. The van der Waals surface area contributed by atoms with Crippen LogP contribution < -0.4 is 4.90 Å². The smallest absolute Gasteiger partial charge is 0.274 e. The van der Waals surface area contributed by atoms with Gasteiger partial charge in [0, 0.05) is 42.5 Å². The Bertz CT molecular complexity index is 1290. The van der Waals surface area contributed by atoms with E-state index in [9.17, 15) is 4.79 Å². The number of aryl methyl sites for hydroxylation is 2. The number of piperazine rings is 1. The van der Waals surface area contributed by atoms with E-state index in [1.807, 2.05) is 42.2 Å². The highest BCUT2D eigenvalue weighted by atomic mass is 35.5. The van der Waals surface area contributed by atoms with Gasteiger partial charge < -0.3 is 9.80 Å². The second-order valence-corrected chi connectivity index (χ2v) is 9.66. The van der Waals surface area contributed by atoms with Gasteiger partial charge in [-0.1, -0.05) is 47.5 Å². The standard InChI is InChI=1S/C25H24ClN5OS/c1-16-6-8-18(9-7-16)24-27-17(2)23(33-24)21-15-22(29-28-21)25(32)31-12-10-30(11-13-31)20-5-3-4-19(26)14-20/h3-9,14-15H,10-13H2,1-2H3,(H,28,29). The monoisotopic (exact) mass is 477 g/mol. The van der Waals surface area contributed by atoms with E-state index >= 15 is 0 Å². The maximum atomic E-state index is 13.1. The van der Waals surface area contributed by atoms with Crippen LogP contribution in [0, 0.1) is 13.8 Å². The van der Waals surface area contributed by atoms with Crippen LogP contribution in [0.5, 0.6) is 0 Å². The number of halogens is 1. The fourth-order valence-corrected chi connectivity index (χ4v) is 5.24. The predicted molar refractivity (Wildman–Crippen MR) is 134 cm³/mol. The van der Waals surface area contributed by atoms with Crippen molar-refractivity contribution in [3.8, 4) is 21.1 Å². The number of rotatable bonds is 4. The molecule has 0 saturated carbocycles. The number of aromatic amines is 1. The van der Waals surface area contributed by atoms with Gasteiger partial charge in [0.25, 0.3) is 5.91 Å². The minimum atomic E-state index is -0.0517. The van der Waals surface area contributed by atoms with Crippen molar-refractivity contribution in [2.24, 2.45) is 0 Å². The van der Waals surface area contributed by atoms with Crippen molar-refractivity contribution in [3.63, 3.8) is 0 Å². The number of carbonyl (C=O) groups excluding carboxylic acids is 1. The molecule has 1 amide bonds. The van der Waals surface area contributed by atoms with Crippen LogP contribution in [0.4, 0.5) is 5.69 Å². The lowest BCUT2D eigenvalue weighted by Gasteiger charge is -2.35. The number of benzene rings is 2. The Morgan fingerprint density at radius 3 is 2.52 bits per heavy atom. The lowest BCUT2D eigenvalue weighted by Crippen LogP contribution is -2.48. The fourth-order valence-electron chi connectivity index (χ4n) is 4.02. The highest BCUT2D eigenvalue weighted by Crippen LogP contribution is 2.34. The van der Waals surface area contributed by atoms with E-state index in [4.69, 9.17) is 16.6 Å². The minimum Gasteiger partial charge on any atom is -0.368 e. The lowest BCUT2D eigenvalue weighted by atomic mass is 10.2. The van der Waals surface area contributed by atoms with Gasteiger partial charge in [-0.05, 0) is 38.1 Å². The van der Waals surface area contributed by atoms with Gasteiger partial charge in [-0.3, -0.25) is 9.89 Å². The number of anilines is 1. The van der Waals surface area contributed by atoms with E-state index in [1.54, 1.807) is 11.3 Å². The summed E-state index contributed by atoms with van der Waals surface area (Å²) >= 11 is 7.73. The summed E-state index contributed by atoms with van der Waals surface area (Å²) in [5.74, 6) is -0.0517. The van der Waals surface area contributed by atoms with Crippen LogP contribution in [0.15, 0.2) is 54.6 Å². The van der Waals surface area contributed by atoms with Gasteiger partial charge in [-0.2, -0.15) is 5.10 Å². The number of aromatic nitrogens is 3. The van der Waals surface area contributed by atoms with E-state index in [0.717, 1.165) is 50.6 Å². The second-order valence-electron chi connectivity index (χ2n) is 8.23. The average Bonchev–Trinajstić information content (AvgIpc) is 3.46. The van der Waals surface area contributed by atoms with Crippen LogP contribution in [-0.2, 0) is 0 Å². The zero-order valence-electron chi connectivity index (χ0n) is 18.5. The van der Waals surface area contributed by atoms with Crippen molar-refractivity contribution in [1.82, 2.24) is 20.1 Å². The largest absolute Gasteiger partial charge is 0.368 e. The number of hydrogen-bond acceptors (Lipinski definition) is 5. The summed E-state index contributed by atoms with van der Waals surface area (Å²) in [6.07, 6.45) is 0.